The monoisotopic (exact) mass is 457 g/mol. The number of benzene rings is 2. The molecule has 27 heavy (non-hydrogen) atoms. The molecule has 2 heterocycles. The van der Waals surface area contributed by atoms with Crippen molar-refractivity contribution in [1.29, 1.82) is 0 Å². The van der Waals surface area contributed by atoms with Gasteiger partial charge in [-0.25, -0.2) is 5.43 Å². The molecule has 4 rings (SSSR count). The molecular formula is C20H13BrClN3OS. The van der Waals surface area contributed by atoms with Gasteiger partial charge in [-0.1, -0.05) is 57.9 Å². The molecule has 0 bridgehead atoms. The summed E-state index contributed by atoms with van der Waals surface area (Å²) in [4.78, 5) is 16.9. The number of hydrazone groups is 1. The number of fused-ring (bicyclic) bond motifs is 1. The van der Waals surface area contributed by atoms with Gasteiger partial charge >= 0.3 is 0 Å². The molecule has 0 aliphatic heterocycles. The molecule has 2 aromatic carbocycles. The number of hydrogen-bond donors (Lipinski definition) is 2. The summed E-state index contributed by atoms with van der Waals surface area (Å²) in [6, 6.07) is 19.3. The van der Waals surface area contributed by atoms with Crippen LogP contribution in [0.15, 0.2) is 70.2 Å². The molecular weight excluding hydrogens is 446 g/mol. The predicted octanol–water partition coefficient (Wildman–Crippen LogP) is 6.08. The average molecular weight is 459 g/mol. The van der Waals surface area contributed by atoms with Gasteiger partial charge < -0.3 is 4.98 Å². The summed E-state index contributed by atoms with van der Waals surface area (Å²) in [5, 5.41) is 5.02. The number of hydrogen-bond acceptors (Lipinski definition) is 3. The summed E-state index contributed by atoms with van der Waals surface area (Å²) >= 11 is 10.8. The first-order valence-corrected chi connectivity index (χ1v) is 10.1. The fourth-order valence-electron chi connectivity index (χ4n) is 2.85. The molecule has 0 saturated heterocycles. The Balaban J connectivity index is 1.72. The minimum Gasteiger partial charge on any atom is -0.350 e. The number of H-pyrrole nitrogens is 1. The summed E-state index contributed by atoms with van der Waals surface area (Å²) < 4.78 is 1.63. The van der Waals surface area contributed by atoms with Crippen LogP contribution >= 0.6 is 38.9 Å². The van der Waals surface area contributed by atoms with Gasteiger partial charge in [0.05, 0.1) is 10.6 Å². The molecule has 0 unspecified atom stereocenters. The van der Waals surface area contributed by atoms with Crippen LogP contribution in [0.5, 0.6) is 0 Å². The van der Waals surface area contributed by atoms with E-state index in [1.165, 1.54) is 11.3 Å². The number of carbonyl (C=O) groups excluding carboxylic acids is 1. The molecule has 0 saturated carbocycles. The van der Waals surface area contributed by atoms with Crippen LogP contribution < -0.4 is 5.43 Å². The number of rotatable bonds is 4. The fourth-order valence-corrected chi connectivity index (χ4v) is 4.14. The van der Waals surface area contributed by atoms with Crippen molar-refractivity contribution in [2.75, 3.05) is 0 Å². The number of carbonyl (C=O) groups is 1. The van der Waals surface area contributed by atoms with Crippen molar-refractivity contribution >= 4 is 61.9 Å². The summed E-state index contributed by atoms with van der Waals surface area (Å²) in [5.74, 6) is -0.305. The van der Waals surface area contributed by atoms with Crippen molar-refractivity contribution in [3.8, 4) is 11.1 Å². The Labute approximate surface area is 173 Å². The minimum absolute atomic E-state index is 0.305. The van der Waals surface area contributed by atoms with Gasteiger partial charge in [-0.05, 0) is 35.9 Å². The molecule has 2 N–H and O–H groups in total. The molecule has 134 valence electrons. The van der Waals surface area contributed by atoms with Crippen LogP contribution in [0.1, 0.15) is 15.4 Å². The highest BCUT2D eigenvalue weighted by Crippen LogP contribution is 2.34. The standard InChI is InChI=1S/C20H13BrClN3OS/c21-13-6-8-16-15(10-13)18(12-4-2-1-3-5-12)19(24-16)20(26)25-23-11-14-7-9-17(22)27-14/h1-11,24H,(H,25,26)/b23-11+. The smallest absolute Gasteiger partial charge is 0.288 e. The van der Waals surface area contributed by atoms with Gasteiger partial charge in [0.15, 0.2) is 0 Å². The van der Waals surface area contributed by atoms with E-state index in [4.69, 9.17) is 11.6 Å². The topological polar surface area (TPSA) is 57.2 Å². The summed E-state index contributed by atoms with van der Waals surface area (Å²) in [7, 11) is 0. The normalized spacial score (nSPS) is 11.3. The highest BCUT2D eigenvalue weighted by atomic mass is 79.9. The van der Waals surface area contributed by atoms with Crippen LogP contribution in [-0.2, 0) is 0 Å². The third-order valence-corrected chi connectivity index (χ3v) is 5.66. The Bertz CT molecular complexity index is 1150. The lowest BCUT2D eigenvalue weighted by Gasteiger charge is -2.04. The number of thiophene rings is 1. The van der Waals surface area contributed by atoms with Crippen LogP contribution in [0.25, 0.3) is 22.0 Å². The molecule has 1 amide bonds. The summed E-state index contributed by atoms with van der Waals surface area (Å²) in [6.45, 7) is 0. The molecule has 0 spiro atoms. The van der Waals surface area contributed by atoms with E-state index >= 15 is 0 Å². The second-order valence-corrected chi connectivity index (χ2v) is 8.43. The second kappa shape index (κ2) is 7.68. The molecule has 2 aromatic heterocycles. The maximum absolute atomic E-state index is 12.8. The zero-order valence-corrected chi connectivity index (χ0v) is 17.0. The first kappa shape index (κ1) is 18.0. The highest BCUT2D eigenvalue weighted by Gasteiger charge is 2.19. The maximum atomic E-state index is 12.8. The van der Waals surface area contributed by atoms with Crippen molar-refractivity contribution in [1.82, 2.24) is 10.4 Å². The van der Waals surface area contributed by atoms with Crippen LogP contribution in [0.3, 0.4) is 0 Å². The summed E-state index contributed by atoms with van der Waals surface area (Å²) in [5.41, 5.74) is 5.75. The maximum Gasteiger partial charge on any atom is 0.288 e. The first-order valence-electron chi connectivity index (χ1n) is 8.07. The van der Waals surface area contributed by atoms with Crippen LogP contribution in [0, 0.1) is 0 Å². The van der Waals surface area contributed by atoms with Gasteiger partial charge in [0.25, 0.3) is 5.91 Å². The lowest BCUT2D eigenvalue weighted by molar-refractivity contribution is 0.0951. The van der Waals surface area contributed by atoms with Gasteiger partial charge in [-0.2, -0.15) is 5.10 Å². The van der Waals surface area contributed by atoms with E-state index < -0.39 is 0 Å². The number of aromatic nitrogens is 1. The quantitative estimate of drug-likeness (QED) is 0.283. The van der Waals surface area contributed by atoms with Crippen molar-refractivity contribution in [2.45, 2.75) is 0 Å². The van der Waals surface area contributed by atoms with Crippen molar-refractivity contribution in [3.05, 3.63) is 80.0 Å². The van der Waals surface area contributed by atoms with E-state index in [2.05, 4.69) is 31.4 Å². The molecule has 7 heteroatoms. The van der Waals surface area contributed by atoms with E-state index in [0.29, 0.717) is 10.0 Å². The third kappa shape index (κ3) is 3.83. The largest absolute Gasteiger partial charge is 0.350 e. The number of halogens is 2. The van der Waals surface area contributed by atoms with Gasteiger partial charge in [0.1, 0.15) is 5.69 Å². The second-order valence-electron chi connectivity index (χ2n) is 5.77. The zero-order valence-electron chi connectivity index (χ0n) is 13.9. The predicted molar refractivity (Wildman–Crippen MR) is 116 cm³/mol. The van der Waals surface area contributed by atoms with E-state index in [1.54, 1.807) is 12.3 Å². The lowest BCUT2D eigenvalue weighted by atomic mass is 10.0. The SMILES string of the molecule is O=C(N/N=C/c1ccc(Cl)s1)c1[nH]c2ccc(Br)cc2c1-c1ccccc1. The lowest BCUT2D eigenvalue weighted by Crippen LogP contribution is -2.18. The van der Waals surface area contributed by atoms with Gasteiger partial charge in [-0.15, -0.1) is 11.3 Å². The van der Waals surface area contributed by atoms with E-state index in [9.17, 15) is 4.79 Å². The van der Waals surface area contributed by atoms with Crippen LogP contribution in [-0.4, -0.2) is 17.1 Å². The Morgan fingerprint density at radius 3 is 2.70 bits per heavy atom. The molecule has 0 radical (unpaired) electrons. The molecule has 0 fully saturated rings. The Morgan fingerprint density at radius 1 is 1.15 bits per heavy atom. The Hall–Kier alpha value is -2.41. The van der Waals surface area contributed by atoms with E-state index in [-0.39, 0.29) is 5.91 Å². The number of amides is 1. The molecule has 4 aromatic rings. The minimum atomic E-state index is -0.305. The Morgan fingerprint density at radius 2 is 1.96 bits per heavy atom. The van der Waals surface area contributed by atoms with Crippen molar-refractivity contribution in [2.24, 2.45) is 5.10 Å². The molecule has 0 aliphatic rings. The van der Waals surface area contributed by atoms with E-state index in [0.717, 1.165) is 31.4 Å². The zero-order chi connectivity index (χ0) is 18.8. The number of aromatic amines is 1. The van der Waals surface area contributed by atoms with Gasteiger partial charge in [0, 0.05) is 25.8 Å². The summed E-state index contributed by atoms with van der Waals surface area (Å²) in [6.07, 6.45) is 1.58. The Kier molecular flexibility index (Phi) is 5.11. The van der Waals surface area contributed by atoms with Crippen molar-refractivity contribution in [3.63, 3.8) is 0 Å². The molecule has 0 atom stereocenters. The average Bonchev–Trinajstić information content (AvgIpc) is 3.25. The van der Waals surface area contributed by atoms with Crippen LogP contribution in [0.2, 0.25) is 4.34 Å². The number of nitrogens with one attached hydrogen (secondary N) is 2. The fraction of sp³-hybridized carbons (Fsp3) is 0. The van der Waals surface area contributed by atoms with Crippen molar-refractivity contribution < 1.29 is 4.79 Å². The van der Waals surface area contributed by atoms with Gasteiger partial charge in [0.2, 0.25) is 0 Å². The van der Waals surface area contributed by atoms with Gasteiger partial charge in [-0.3, -0.25) is 4.79 Å². The van der Waals surface area contributed by atoms with E-state index in [1.807, 2.05) is 54.6 Å². The third-order valence-electron chi connectivity index (χ3n) is 4.00. The first-order chi connectivity index (χ1) is 13.1. The molecule has 0 aliphatic carbocycles. The number of nitrogens with zero attached hydrogens (tertiary/aromatic N) is 1. The highest BCUT2D eigenvalue weighted by molar-refractivity contribution is 9.10. The molecule has 4 nitrogen and oxygen atoms in total. The van der Waals surface area contributed by atoms with Crippen LogP contribution in [0.4, 0.5) is 0 Å².